The summed E-state index contributed by atoms with van der Waals surface area (Å²) in [5.41, 5.74) is 6.65. The molecule has 1 heterocycles. The van der Waals surface area contributed by atoms with Crippen molar-refractivity contribution >= 4 is 0 Å². The number of rotatable bonds is 7. The highest BCUT2D eigenvalue weighted by atomic mass is 16.5. The third-order valence-corrected chi connectivity index (χ3v) is 3.99. The van der Waals surface area contributed by atoms with Crippen LogP contribution in [-0.2, 0) is 6.54 Å². The van der Waals surface area contributed by atoms with E-state index < -0.39 is 6.10 Å². The Morgan fingerprint density at radius 1 is 1.50 bits per heavy atom. The molecule has 0 saturated carbocycles. The fourth-order valence-corrected chi connectivity index (χ4v) is 2.88. The molecular formula is C16H26N2O2. The topological polar surface area (TPSA) is 58.7 Å². The lowest BCUT2D eigenvalue weighted by atomic mass is 10.1. The van der Waals surface area contributed by atoms with E-state index in [0.717, 1.165) is 24.3 Å². The van der Waals surface area contributed by atoms with E-state index in [4.69, 9.17) is 10.5 Å². The van der Waals surface area contributed by atoms with E-state index in [1.165, 1.54) is 12.8 Å². The second kappa shape index (κ2) is 7.62. The molecule has 3 N–H and O–H groups in total. The van der Waals surface area contributed by atoms with Crippen molar-refractivity contribution in [2.45, 2.75) is 44.9 Å². The van der Waals surface area contributed by atoms with Crippen LogP contribution in [0.3, 0.4) is 0 Å². The van der Waals surface area contributed by atoms with Crippen LogP contribution in [0.2, 0.25) is 0 Å². The molecule has 0 spiro atoms. The fourth-order valence-electron chi connectivity index (χ4n) is 2.88. The Morgan fingerprint density at radius 2 is 2.35 bits per heavy atom. The SMILES string of the molecule is CCC1CCCN1CC(O)COc1cccc(CN)c1. The van der Waals surface area contributed by atoms with Gasteiger partial charge in [0.1, 0.15) is 18.5 Å². The van der Waals surface area contributed by atoms with Gasteiger partial charge in [0, 0.05) is 19.1 Å². The van der Waals surface area contributed by atoms with Gasteiger partial charge in [-0.15, -0.1) is 0 Å². The highest BCUT2D eigenvalue weighted by Crippen LogP contribution is 2.20. The minimum Gasteiger partial charge on any atom is -0.491 e. The van der Waals surface area contributed by atoms with E-state index in [1.54, 1.807) is 0 Å². The third kappa shape index (κ3) is 4.20. The first-order valence-electron chi connectivity index (χ1n) is 7.56. The highest BCUT2D eigenvalue weighted by molar-refractivity contribution is 5.28. The van der Waals surface area contributed by atoms with Crippen LogP contribution < -0.4 is 10.5 Å². The van der Waals surface area contributed by atoms with Crippen molar-refractivity contribution in [3.8, 4) is 5.75 Å². The van der Waals surface area contributed by atoms with Crippen molar-refractivity contribution in [1.29, 1.82) is 0 Å². The van der Waals surface area contributed by atoms with Crippen molar-refractivity contribution in [2.24, 2.45) is 5.73 Å². The number of aliphatic hydroxyl groups excluding tert-OH is 1. The second-order valence-corrected chi connectivity index (χ2v) is 5.52. The Balaban J connectivity index is 1.78. The van der Waals surface area contributed by atoms with Gasteiger partial charge in [-0.3, -0.25) is 4.90 Å². The lowest BCUT2D eigenvalue weighted by Crippen LogP contribution is -2.38. The Labute approximate surface area is 121 Å². The number of ether oxygens (including phenoxy) is 1. The van der Waals surface area contributed by atoms with Gasteiger partial charge in [-0.05, 0) is 43.5 Å². The summed E-state index contributed by atoms with van der Waals surface area (Å²) in [6, 6.07) is 8.36. The van der Waals surface area contributed by atoms with E-state index in [2.05, 4.69) is 11.8 Å². The van der Waals surface area contributed by atoms with Crippen LogP contribution in [-0.4, -0.2) is 41.8 Å². The Kier molecular flexibility index (Phi) is 5.83. The summed E-state index contributed by atoms with van der Waals surface area (Å²) in [4.78, 5) is 2.38. The maximum Gasteiger partial charge on any atom is 0.119 e. The van der Waals surface area contributed by atoms with E-state index in [9.17, 15) is 5.11 Å². The summed E-state index contributed by atoms with van der Waals surface area (Å²) in [7, 11) is 0. The van der Waals surface area contributed by atoms with Crippen molar-refractivity contribution < 1.29 is 9.84 Å². The molecule has 1 aromatic rings. The van der Waals surface area contributed by atoms with Gasteiger partial charge in [-0.25, -0.2) is 0 Å². The van der Waals surface area contributed by atoms with E-state index in [-0.39, 0.29) is 0 Å². The van der Waals surface area contributed by atoms with Gasteiger partial charge in [-0.1, -0.05) is 19.1 Å². The molecule has 2 unspecified atom stereocenters. The Hall–Kier alpha value is -1.10. The van der Waals surface area contributed by atoms with Crippen molar-refractivity contribution in [2.75, 3.05) is 19.7 Å². The van der Waals surface area contributed by atoms with Crippen molar-refractivity contribution in [3.63, 3.8) is 0 Å². The van der Waals surface area contributed by atoms with Crippen LogP contribution in [0, 0.1) is 0 Å². The van der Waals surface area contributed by atoms with Crippen LogP contribution in [0.1, 0.15) is 31.7 Å². The van der Waals surface area contributed by atoms with Crippen LogP contribution in [0.25, 0.3) is 0 Å². The molecule has 0 amide bonds. The zero-order chi connectivity index (χ0) is 14.4. The van der Waals surface area contributed by atoms with Gasteiger partial charge in [0.15, 0.2) is 0 Å². The number of likely N-dealkylation sites (tertiary alicyclic amines) is 1. The summed E-state index contributed by atoms with van der Waals surface area (Å²) < 4.78 is 5.66. The number of nitrogens with two attached hydrogens (primary N) is 1. The van der Waals surface area contributed by atoms with Crippen LogP contribution in [0.5, 0.6) is 5.75 Å². The zero-order valence-corrected chi connectivity index (χ0v) is 12.3. The average molecular weight is 278 g/mol. The van der Waals surface area contributed by atoms with Gasteiger partial charge in [0.05, 0.1) is 0 Å². The summed E-state index contributed by atoms with van der Waals surface area (Å²) in [6.45, 7) is 4.85. The molecular weight excluding hydrogens is 252 g/mol. The minimum atomic E-state index is -0.441. The maximum atomic E-state index is 10.1. The van der Waals surface area contributed by atoms with Gasteiger partial charge >= 0.3 is 0 Å². The molecule has 0 bridgehead atoms. The normalized spacial score (nSPS) is 21.1. The van der Waals surface area contributed by atoms with Crippen LogP contribution in [0.15, 0.2) is 24.3 Å². The molecule has 4 heteroatoms. The Bertz CT molecular complexity index is 411. The molecule has 2 rings (SSSR count). The molecule has 1 saturated heterocycles. The monoisotopic (exact) mass is 278 g/mol. The third-order valence-electron chi connectivity index (χ3n) is 3.99. The average Bonchev–Trinajstić information content (AvgIpc) is 2.92. The number of benzene rings is 1. The number of aliphatic hydroxyl groups is 1. The van der Waals surface area contributed by atoms with Gasteiger partial charge in [-0.2, -0.15) is 0 Å². The molecule has 1 fully saturated rings. The maximum absolute atomic E-state index is 10.1. The predicted molar refractivity (Wildman–Crippen MR) is 80.7 cm³/mol. The largest absolute Gasteiger partial charge is 0.491 e. The summed E-state index contributed by atoms with van der Waals surface area (Å²) in [5.74, 6) is 0.778. The molecule has 112 valence electrons. The van der Waals surface area contributed by atoms with E-state index in [0.29, 0.717) is 25.7 Å². The van der Waals surface area contributed by atoms with Crippen LogP contribution >= 0.6 is 0 Å². The number of β-amino-alcohol motifs (C(OH)–C–C–N with tert-alkyl or cyclic N) is 1. The molecule has 0 aliphatic carbocycles. The number of nitrogens with zero attached hydrogens (tertiary/aromatic N) is 1. The standard InChI is InChI=1S/C16H26N2O2/c1-2-14-6-4-8-18(14)11-15(19)12-20-16-7-3-5-13(9-16)10-17/h3,5,7,9,14-15,19H,2,4,6,8,10-12,17H2,1H3. The molecule has 1 aliphatic heterocycles. The summed E-state index contributed by atoms with van der Waals surface area (Å²) >= 11 is 0. The summed E-state index contributed by atoms with van der Waals surface area (Å²) in [6.07, 6.45) is 3.21. The first-order valence-corrected chi connectivity index (χ1v) is 7.56. The number of hydrogen-bond donors (Lipinski definition) is 2. The van der Waals surface area contributed by atoms with Gasteiger partial charge in [0.2, 0.25) is 0 Å². The highest BCUT2D eigenvalue weighted by Gasteiger charge is 2.24. The zero-order valence-electron chi connectivity index (χ0n) is 12.3. The minimum absolute atomic E-state index is 0.334. The summed E-state index contributed by atoms with van der Waals surface area (Å²) in [5, 5.41) is 10.1. The quantitative estimate of drug-likeness (QED) is 0.798. The van der Waals surface area contributed by atoms with Crippen molar-refractivity contribution in [1.82, 2.24) is 4.90 Å². The fraction of sp³-hybridized carbons (Fsp3) is 0.625. The molecule has 0 radical (unpaired) electrons. The van der Waals surface area contributed by atoms with Crippen LogP contribution in [0.4, 0.5) is 0 Å². The lowest BCUT2D eigenvalue weighted by molar-refractivity contribution is 0.0634. The van der Waals surface area contributed by atoms with Crippen molar-refractivity contribution in [3.05, 3.63) is 29.8 Å². The molecule has 1 aromatic carbocycles. The number of hydrogen-bond acceptors (Lipinski definition) is 4. The first-order chi connectivity index (χ1) is 9.72. The van der Waals surface area contributed by atoms with E-state index in [1.807, 2.05) is 24.3 Å². The Morgan fingerprint density at radius 3 is 3.10 bits per heavy atom. The van der Waals surface area contributed by atoms with Gasteiger partial charge < -0.3 is 15.6 Å². The first kappa shape index (κ1) is 15.3. The van der Waals surface area contributed by atoms with E-state index >= 15 is 0 Å². The predicted octanol–water partition coefficient (Wildman–Crippen LogP) is 1.76. The van der Waals surface area contributed by atoms with Gasteiger partial charge in [0.25, 0.3) is 0 Å². The lowest BCUT2D eigenvalue weighted by Gasteiger charge is -2.25. The molecule has 2 atom stereocenters. The second-order valence-electron chi connectivity index (χ2n) is 5.52. The smallest absolute Gasteiger partial charge is 0.119 e. The molecule has 20 heavy (non-hydrogen) atoms. The molecule has 0 aromatic heterocycles. The molecule has 1 aliphatic rings. The molecule has 4 nitrogen and oxygen atoms in total.